The molecule has 2 aliphatic rings. The molecule has 1 unspecified atom stereocenters. The molecule has 2 rings (SSSR count). The monoisotopic (exact) mass is 282 g/mol. The molecule has 3 N–H and O–H groups in total. The van der Waals surface area contributed by atoms with Crippen LogP contribution in [0.15, 0.2) is 0 Å². The lowest BCUT2D eigenvalue weighted by Crippen LogP contribution is -2.51. The average Bonchev–Trinajstić information content (AvgIpc) is 3.23. The number of amides is 3. The fraction of sp³-hybridized carbons (Fsp3) is 0.857. The molecule has 0 bridgehead atoms. The Kier molecular flexibility index (Phi) is 5.79. The van der Waals surface area contributed by atoms with Gasteiger partial charge in [-0.1, -0.05) is 6.92 Å². The highest BCUT2D eigenvalue weighted by molar-refractivity contribution is 5.95. The molecule has 1 aliphatic heterocycles. The van der Waals surface area contributed by atoms with Crippen LogP contribution in [0.25, 0.3) is 0 Å². The van der Waals surface area contributed by atoms with Crippen molar-refractivity contribution in [2.24, 2.45) is 0 Å². The van der Waals surface area contributed by atoms with Crippen LogP contribution in [0.2, 0.25) is 0 Å². The molecule has 1 saturated heterocycles. The highest BCUT2D eigenvalue weighted by atomic mass is 16.2. The molecule has 6 nitrogen and oxygen atoms in total. The zero-order chi connectivity index (χ0) is 14.4. The summed E-state index contributed by atoms with van der Waals surface area (Å²) >= 11 is 0. The fourth-order valence-electron chi connectivity index (χ4n) is 2.62. The Morgan fingerprint density at radius 1 is 1.30 bits per heavy atom. The Morgan fingerprint density at radius 2 is 2.10 bits per heavy atom. The molecule has 6 heteroatoms. The van der Waals surface area contributed by atoms with Gasteiger partial charge >= 0.3 is 6.03 Å². The van der Waals surface area contributed by atoms with E-state index in [9.17, 15) is 9.59 Å². The van der Waals surface area contributed by atoms with Crippen LogP contribution in [0, 0.1) is 0 Å². The second-order valence-electron chi connectivity index (χ2n) is 5.77. The van der Waals surface area contributed by atoms with Crippen molar-refractivity contribution in [2.45, 2.75) is 51.1 Å². The van der Waals surface area contributed by atoms with E-state index in [1.54, 1.807) is 0 Å². The molecule has 0 radical (unpaired) electrons. The summed E-state index contributed by atoms with van der Waals surface area (Å²) in [6.45, 7) is 5.30. The van der Waals surface area contributed by atoms with Gasteiger partial charge in [0.25, 0.3) is 0 Å². The number of rotatable bonds is 6. The van der Waals surface area contributed by atoms with Gasteiger partial charge in [0.2, 0.25) is 5.91 Å². The predicted molar refractivity (Wildman–Crippen MR) is 77.5 cm³/mol. The summed E-state index contributed by atoms with van der Waals surface area (Å²) in [5.74, 6) is -0.206. The van der Waals surface area contributed by atoms with Gasteiger partial charge in [0.15, 0.2) is 0 Å². The molecule has 0 aromatic rings. The average molecular weight is 282 g/mol. The van der Waals surface area contributed by atoms with Gasteiger partial charge in [-0.15, -0.1) is 0 Å². The van der Waals surface area contributed by atoms with Crippen molar-refractivity contribution in [1.29, 1.82) is 0 Å². The van der Waals surface area contributed by atoms with Crippen LogP contribution < -0.4 is 16.0 Å². The summed E-state index contributed by atoms with van der Waals surface area (Å²) in [7, 11) is 0. The highest BCUT2D eigenvalue weighted by Gasteiger charge is 2.25. The number of nitrogens with zero attached hydrogens (tertiary/aromatic N) is 1. The second-order valence-corrected chi connectivity index (χ2v) is 5.77. The van der Waals surface area contributed by atoms with Gasteiger partial charge in [0, 0.05) is 18.6 Å². The van der Waals surface area contributed by atoms with Crippen LogP contribution in [0.5, 0.6) is 0 Å². The van der Waals surface area contributed by atoms with Crippen LogP contribution in [-0.2, 0) is 4.79 Å². The number of piperidine rings is 1. The number of hydrogen-bond acceptors (Lipinski definition) is 4. The van der Waals surface area contributed by atoms with Crippen LogP contribution in [0.3, 0.4) is 0 Å². The molecule has 0 spiro atoms. The molecular formula is C14H26N4O2. The zero-order valence-corrected chi connectivity index (χ0v) is 12.3. The van der Waals surface area contributed by atoms with Gasteiger partial charge in [0.1, 0.15) is 0 Å². The number of imide groups is 1. The lowest BCUT2D eigenvalue weighted by molar-refractivity contribution is -0.121. The van der Waals surface area contributed by atoms with Crippen molar-refractivity contribution in [3.05, 3.63) is 0 Å². The standard InChI is InChI=1S/C14H26N4O2/c1-2-8-18(12-4-3-7-15-9-12)10-13(19)17-14(20)16-11-5-6-11/h11-12,15H,2-10H2,1H3,(H2,16,17,19,20). The molecule has 1 atom stereocenters. The summed E-state index contributed by atoms with van der Waals surface area (Å²) in [6.07, 6.45) is 5.33. The Labute approximate surface area is 120 Å². The van der Waals surface area contributed by atoms with Gasteiger partial charge in [-0.2, -0.15) is 0 Å². The maximum Gasteiger partial charge on any atom is 0.321 e. The van der Waals surface area contributed by atoms with Crippen molar-refractivity contribution < 1.29 is 9.59 Å². The topological polar surface area (TPSA) is 73.5 Å². The smallest absolute Gasteiger partial charge is 0.321 e. The van der Waals surface area contributed by atoms with E-state index in [0.717, 1.165) is 51.7 Å². The molecule has 114 valence electrons. The highest BCUT2D eigenvalue weighted by Crippen LogP contribution is 2.18. The van der Waals surface area contributed by atoms with Gasteiger partial charge in [0.05, 0.1) is 6.54 Å². The van der Waals surface area contributed by atoms with E-state index < -0.39 is 0 Å². The second kappa shape index (κ2) is 7.59. The zero-order valence-electron chi connectivity index (χ0n) is 12.3. The predicted octanol–water partition coefficient (Wildman–Crippen LogP) is 0.439. The van der Waals surface area contributed by atoms with E-state index >= 15 is 0 Å². The number of nitrogens with one attached hydrogen (secondary N) is 3. The van der Waals surface area contributed by atoms with Crippen molar-refractivity contribution in [3.63, 3.8) is 0 Å². The first kappa shape index (κ1) is 15.3. The van der Waals surface area contributed by atoms with Crippen LogP contribution in [0.4, 0.5) is 4.79 Å². The summed E-state index contributed by atoms with van der Waals surface area (Å²) in [5.41, 5.74) is 0. The van der Waals surface area contributed by atoms with Crippen LogP contribution in [0.1, 0.15) is 39.0 Å². The normalized spacial score (nSPS) is 22.6. The number of urea groups is 1. The first-order valence-corrected chi connectivity index (χ1v) is 7.74. The lowest BCUT2D eigenvalue weighted by atomic mass is 10.1. The Balaban J connectivity index is 1.76. The van der Waals surface area contributed by atoms with Crippen molar-refractivity contribution in [3.8, 4) is 0 Å². The molecule has 20 heavy (non-hydrogen) atoms. The first-order chi connectivity index (χ1) is 9.69. The van der Waals surface area contributed by atoms with Gasteiger partial charge in [-0.3, -0.25) is 15.0 Å². The van der Waals surface area contributed by atoms with E-state index in [1.807, 2.05) is 0 Å². The van der Waals surface area contributed by atoms with E-state index in [-0.39, 0.29) is 18.0 Å². The minimum atomic E-state index is -0.351. The maximum atomic E-state index is 11.9. The molecule has 2 fully saturated rings. The molecule has 1 saturated carbocycles. The summed E-state index contributed by atoms with van der Waals surface area (Å²) < 4.78 is 0. The number of hydrogen-bond donors (Lipinski definition) is 3. The first-order valence-electron chi connectivity index (χ1n) is 7.74. The maximum absolute atomic E-state index is 11.9. The third-order valence-corrected chi connectivity index (χ3v) is 3.81. The molecule has 0 aromatic carbocycles. The molecule has 1 aliphatic carbocycles. The molecule has 3 amide bonds. The number of carbonyl (C=O) groups excluding carboxylic acids is 2. The van der Waals surface area contributed by atoms with Gasteiger partial charge < -0.3 is 10.6 Å². The lowest BCUT2D eigenvalue weighted by Gasteiger charge is -2.33. The van der Waals surface area contributed by atoms with Crippen molar-refractivity contribution in [2.75, 3.05) is 26.2 Å². The minimum Gasteiger partial charge on any atom is -0.335 e. The molecule has 0 aromatic heterocycles. The summed E-state index contributed by atoms with van der Waals surface area (Å²) in [6, 6.07) is 0.328. The Morgan fingerprint density at radius 3 is 2.70 bits per heavy atom. The summed E-state index contributed by atoms with van der Waals surface area (Å²) in [4.78, 5) is 25.7. The van der Waals surface area contributed by atoms with Gasteiger partial charge in [-0.05, 0) is 45.2 Å². The van der Waals surface area contributed by atoms with E-state index in [2.05, 4.69) is 27.8 Å². The Hall–Kier alpha value is -1.14. The van der Waals surface area contributed by atoms with Crippen molar-refractivity contribution in [1.82, 2.24) is 20.9 Å². The Bertz CT molecular complexity index is 338. The third kappa shape index (κ3) is 5.09. The van der Waals surface area contributed by atoms with E-state index in [0.29, 0.717) is 12.6 Å². The molecular weight excluding hydrogens is 256 g/mol. The SMILES string of the molecule is CCCN(CC(=O)NC(=O)NC1CC1)C1CCCNC1. The fourth-order valence-corrected chi connectivity index (χ4v) is 2.62. The molecule has 1 heterocycles. The largest absolute Gasteiger partial charge is 0.335 e. The van der Waals surface area contributed by atoms with Crippen molar-refractivity contribution >= 4 is 11.9 Å². The quantitative estimate of drug-likeness (QED) is 0.661. The van der Waals surface area contributed by atoms with Gasteiger partial charge in [-0.25, -0.2) is 4.79 Å². The summed E-state index contributed by atoms with van der Waals surface area (Å²) in [5, 5.41) is 8.57. The van der Waals surface area contributed by atoms with Crippen LogP contribution >= 0.6 is 0 Å². The third-order valence-electron chi connectivity index (χ3n) is 3.81. The van der Waals surface area contributed by atoms with Crippen LogP contribution in [-0.4, -0.2) is 55.1 Å². The van der Waals surface area contributed by atoms with E-state index in [4.69, 9.17) is 0 Å². The number of carbonyl (C=O) groups is 2. The minimum absolute atomic E-state index is 0.206. The van der Waals surface area contributed by atoms with E-state index in [1.165, 1.54) is 0 Å².